The molecule has 6 rings (SSSR count). The van der Waals surface area contributed by atoms with Gasteiger partial charge in [0.2, 0.25) is 0 Å². The molecule has 0 bridgehead atoms. The van der Waals surface area contributed by atoms with Crippen LogP contribution in [-0.2, 0) is 9.31 Å². The van der Waals surface area contributed by atoms with Gasteiger partial charge in [0.15, 0.2) is 5.52 Å². The second-order valence-corrected chi connectivity index (χ2v) is 12.2. The molecule has 0 radical (unpaired) electrons. The summed E-state index contributed by atoms with van der Waals surface area (Å²) in [7, 11) is 2.69. The number of benzene rings is 3. The monoisotopic (exact) mass is 595 g/mol. The molecular formula is C32H31BClN5O4. The summed E-state index contributed by atoms with van der Waals surface area (Å²) < 4.78 is 15.1. The highest BCUT2D eigenvalue weighted by atomic mass is 35.5. The van der Waals surface area contributed by atoms with E-state index in [2.05, 4.69) is 5.10 Å². The molecule has 1 amide bonds. The van der Waals surface area contributed by atoms with Gasteiger partial charge in [-0.3, -0.25) is 9.36 Å². The third-order valence-electron chi connectivity index (χ3n) is 8.09. The minimum Gasteiger partial charge on any atom is -0.399 e. The molecule has 9 nitrogen and oxygen atoms in total. The van der Waals surface area contributed by atoms with Crippen LogP contribution in [0.2, 0.25) is 5.02 Å². The predicted molar refractivity (Wildman–Crippen MR) is 169 cm³/mol. The Kier molecular flexibility index (Phi) is 7.03. The number of hydrogen-bond donors (Lipinski definition) is 0. The lowest BCUT2D eigenvalue weighted by Gasteiger charge is -2.32. The first-order valence-electron chi connectivity index (χ1n) is 13.9. The van der Waals surface area contributed by atoms with Gasteiger partial charge >= 0.3 is 13.1 Å². The van der Waals surface area contributed by atoms with Crippen molar-refractivity contribution in [1.29, 1.82) is 0 Å². The molecule has 11 heteroatoms. The minimum absolute atomic E-state index is 0.0742. The first kappa shape index (κ1) is 28.9. The van der Waals surface area contributed by atoms with Gasteiger partial charge in [-0.05, 0) is 57.4 Å². The molecule has 1 aliphatic heterocycles. The zero-order chi connectivity index (χ0) is 30.7. The second-order valence-electron chi connectivity index (χ2n) is 11.8. The second kappa shape index (κ2) is 10.5. The molecular weight excluding hydrogens is 565 g/mol. The standard InChI is InChI=1S/C32H31BClN5O4/c1-31(2)32(3,4)43-33(42-31)22-14-12-21(13-15-22)28-35-26-25(20-10-8-7-9-11-20)36-39(30(41)37(5)6)27(26)29(40)38(28)24-18-16-23(34)17-19-24/h7-19H,1-6H3. The Morgan fingerprint density at radius 2 is 1.47 bits per heavy atom. The Morgan fingerprint density at radius 1 is 0.860 bits per heavy atom. The topological polar surface area (TPSA) is 91.5 Å². The molecule has 218 valence electrons. The Labute approximate surface area is 254 Å². The van der Waals surface area contributed by atoms with E-state index in [4.69, 9.17) is 25.9 Å². The molecule has 0 N–H and O–H groups in total. The molecule has 1 aliphatic rings. The number of carbonyl (C=O) groups excluding carboxylic acids is 1. The number of amides is 1. The fourth-order valence-electron chi connectivity index (χ4n) is 4.98. The number of hydrogen-bond acceptors (Lipinski definition) is 6. The van der Waals surface area contributed by atoms with Crippen molar-refractivity contribution in [1.82, 2.24) is 24.2 Å². The van der Waals surface area contributed by atoms with Gasteiger partial charge in [-0.1, -0.05) is 66.2 Å². The van der Waals surface area contributed by atoms with Gasteiger partial charge in [-0.15, -0.1) is 0 Å². The third-order valence-corrected chi connectivity index (χ3v) is 8.34. The molecule has 3 aromatic carbocycles. The molecule has 0 atom stereocenters. The Morgan fingerprint density at radius 3 is 2.05 bits per heavy atom. The smallest absolute Gasteiger partial charge is 0.399 e. The van der Waals surface area contributed by atoms with Crippen LogP contribution in [0.4, 0.5) is 4.79 Å². The van der Waals surface area contributed by atoms with Crippen LogP contribution in [0.15, 0.2) is 83.7 Å². The van der Waals surface area contributed by atoms with Crippen LogP contribution >= 0.6 is 11.6 Å². The molecule has 0 unspecified atom stereocenters. The molecule has 43 heavy (non-hydrogen) atoms. The molecule has 1 saturated heterocycles. The summed E-state index contributed by atoms with van der Waals surface area (Å²) in [4.78, 5) is 34.1. The molecule has 2 aromatic heterocycles. The molecule has 0 spiro atoms. The first-order valence-corrected chi connectivity index (χ1v) is 14.3. The maximum atomic E-state index is 14.4. The summed E-state index contributed by atoms with van der Waals surface area (Å²) in [6.07, 6.45) is 0. The van der Waals surface area contributed by atoms with E-state index in [0.29, 0.717) is 33.3 Å². The van der Waals surface area contributed by atoms with Gasteiger partial charge in [0.25, 0.3) is 5.56 Å². The molecule has 0 aliphatic carbocycles. The lowest BCUT2D eigenvalue weighted by Crippen LogP contribution is -2.41. The van der Waals surface area contributed by atoms with Gasteiger partial charge in [0.1, 0.15) is 17.0 Å². The van der Waals surface area contributed by atoms with E-state index < -0.39 is 29.9 Å². The summed E-state index contributed by atoms with van der Waals surface area (Å²) in [5.74, 6) is 0.384. The quantitative estimate of drug-likeness (QED) is 0.259. The van der Waals surface area contributed by atoms with E-state index in [1.165, 1.54) is 9.47 Å². The van der Waals surface area contributed by atoms with E-state index in [-0.39, 0.29) is 5.52 Å². The van der Waals surface area contributed by atoms with Crippen molar-refractivity contribution in [3.63, 3.8) is 0 Å². The molecule has 5 aromatic rings. The van der Waals surface area contributed by atoms with E-state index in [1.807, 2.05) is 82.3 Å². The summed E-state index contributed by atoms with van der Waals surface area (Å²) in [5, 5.41) is 5.14. The van der Waals surface area contributed by atoms with Crippen molar-refractivity contribution in [3.8, 4) is 28.3 Å². The number of fused-ring (bicyclic) bond motifs is 1. The Bertz CT molecular complexity index is 1880. The predicted octanol–water partition coefficient (Wildman–Crippen LogP) is 5.40. The lowest BCUT2D eigenvalue weighted by atomic mass is 9.79. The van der Waals surface area contributed by atoms with Crippen LogP contribution in [0.1, 0.15) is 27.7 Å². The van der Waals surface area contributed by atoms with Gasteiger partial charge in [0, 0.05) is 30.2 Å². The Balaban J connectivity index is 1.59. The summed E-state index contributed by atoms with van der Waals surface area (Å²) in [5.41, 5.74) is 2.23. The fourth-order valence-corrected chi connectivity index (χ4v) is 5.10. The summed E-state index contributed by atoms with van der Waals surface area (Å²) in [6.45, 7) is 8.04. The normalized spacial score (nSPS) is 15.7. The molecule has 0 saturated carbocycles. The van der Waals surface area contributed by atoms with Gasteiger partial charge in [-0.25, -0.2) is 9.78 Å². The molecule has 3 heterocycles. The van der Waals surface area contributed by atoms with Crippen LogP contribution in [0, 0.1) is 0 Å². The lowest BCUT2D eigenvalue weighted by molar-refractivity contribution is 0.00578. The average Bonchev–Trinajstić information content (AvgIpc) is 3.47. The SMILES string of the molecule is CN(C)C(=O)n1nc(-c2ccccc2)c2nc(-c3ccc(B4OC(C)(C)C(C)(C)O4)cc3)n(-c3ccc(Cl)cc3)c(=O)c21. The van der Waals surface area contributed by atoms with Crippen molar-refractivity contribution in [2.45, 2.75) is 38.9 Å². The van der Waals surface area contributed by atoms with E-state index in [0.717, 1.165) is 15.7 Å². The first-order chi connectivity index (χ1) is 20.4. The summed E-state index contributed by atoms with van der Waals surface area (Å²) in [6, 6.07) is 23.4. The van der Waals surface area contributed by atoms with Crippen molar-refractivity contribution in [3.05, 3.63) is 94.2 Å². The zero-order valence-electron chi connectivity index (χ0n) is 24.8. The van der Waals surface area contributed by atoms with E-state index >= 15 is 0 Å². The maximum absolute atomic E-state index is 14.4. The minimum atomic E-state index is -0.534. The van der Waals surface area contributed by atoms with Crippen LogP contribution in [0.3, 0.4) is 0 Å². The highest BCUT2D eigenvalue weighted by Gasteiger charge is 2.51. The van der Waals surface area contributed by atoms with Crippen LogP contribution in [0.5, 0.6) is 0 Å². The maximum Gasteiger partial charge on any atom is 0.494 e. The van der Waals surface area contributed by atoms with Gasteiger partial charge in [-0.2, -0.15) is 9.78 Å². The Hall–Kier alpha value is -4.25. The number of aromatic nitrogens is 4. The third kappa shape index (κ3) is 4.95. The van der Waals surface area contributed by atoms with Gasteiger partial charge in [0.05, 0.1) is 16.9 Å². The number of rotatable bonds is 4. The summed E-state index contributed by atoms with van der Waals surface area (Å²) >= 11 is 6.19. The average molecular weight is 596 g/mol. The molecule has 1 fully saturated rings. The zero-order valence-corrected chi connectivity index (χ0v) is 25.6. The van der Waals surface area contributed by atoms with Crippen LogP contribution in [-0.4, -0.2) is 62.7 Å². The fraction of sp³-hybridized carbons (Fsp3) is 0.250. The highest BCUT2D eigenvalue weighted by Crippen LogP contribution is 2.37. The van der Waals surface area contributed by atoms with Crippen molar-refractivity contribution in [2.75, 3.05) is 14.1 Å². The van der Waals surface area contributed by atoms with Crippen molar-refractivity contribution >= 4 is 41.2 Å². The van der Waals surface area contributed by atoms with Crippen molar-refractivity contribution < 1.29 is 14.1 Å². The van der Waals surface area contributed by atoms with Crippen LogP contribution in [0.25, 0.3) is 39.4 Å². The van der Waals surface area contributed by atoms with Gasteiger partial charge < -0.3 is 14.2 Å². The van der Waals surface area contributed by atoms with E-state index in [1.54, 1.807) is 38.4 Å². The number of halogens is 1. The number of carbonyl (C=O) groups is 1. The van der Waals surface area contributed by atoms with Crippen molar-refractivity contribution in [2.24, 2.45) is 0 Å². The van der Waals surface area contributed by atoms with E-state index in [9.17, 15) is 9.59 Å². The van der Waals surface area contributed by atoms with Crippen LogP contribution < -0.4 is 11.0 Å². The largest absolute Gasteiger partial charge is 0.494 e. The number of nitrogens with zero attached hydrogens (tertiary/aromatic N) is 5. The highest BCUT2D eigenvalue weighted by molar-refractivity contribution is 6.62.